The highest BCUT2D eigenvalue weighted by Gasteiger charge is 2.32. The quantitative estimate of drug-likeness (QED) is 0.363. The summed E-state index contributed by atoms with van der Waals surface area (Å²) < 4.78 is 2.52. The van der Waals surface area contributed by atoms with Gasteiger partial charge in [-0.2, -0.15) is 5.10 Å². The number of nitrogens with zero attached hydrogens (tertiary/aromatic N) is 6. The molecule has 2 amide bonds. The van der Waals surface area contributed by atoms with Gasteiger partial charge in [0.15, 0.2) is 5.65 Å². The molecule has 9 nitrogen and oxygen atoms in total. The summed E-state index contributed by atoms with van der Waals surface area (Å²) in [5.41, 5.74) is 2.56. The first-order valence-corrected chi connectivity index (χ1v) is 13.4. The Hall–Kier alpha value is -3.40. The molecule has 0 unspecified atom stereocenters. The van der Waals surface area contributed by atoms with Gasteiger partial charge >= 0.3 is 0 Å². The van der Waals surface area contributed by atoms with Crippen LogP contribution in [0.2, 0.25) is 0 Å². The lowest BCUT2D eigenvalue weighted by molar-refractivity contribution is -0.138. The van der Waals surface area contributed by atoms with Crippen molar-refractivity contribution in [1.82, 2.24) is 34.9 Å². The highest BCUT2D eigenvalue weighted by molar-refractivity contribution is 9.10. The Bertz CT molecular complexity index is 1470. The first-order chi connectivity index (χ1) is 17.8. The van der Waals surface area contributed by atoms with Crippen molar-refractivity contribution in [3.63, 3.8) is 0 Å². The summed E-state index contributed by atoms with van der Waals surface area (Å²) in [6.07, 6.45) is 6.82. The molecule has 1 fully saturated rings. The van der Waals surface area contributed by atoms with Crippen molar-refractivity contribution in [3.05, 3.63) is 53.2 Å². The predicted molar refractivity (Wildman–Crippen MR) is 145 cm³/mol. The van der Waals surface area contributed by atoms with Gasteiger partial charge in [0.1, 0.15) is 10.4 Å². The summed E-state index contributed by atoms with van der Waals surface area (Å²) in [4.78, 5) is 40.4. The Morgan fingerprint density at radius 2 is 2.05 bits per heavy atom. The normalized spacial score (nSPS) is 17.5. The minimum Gasteiger partial charge on any atom is -0.352 e. The highest BCUT2D eigenvalue weighted by atomic mass is 79.9. The number of rotatable bonds is 7. The van der Waals surface area contributed by atoms with Crippen LogP contribution in [0.4, 0.5) is 0 Å². The number of hydrogen-bond acceptors (Lipinski definition) is 6. The molecule has 1 aromatic carbocycles. The van der Waals surface area contributed by atoms with Crippen LogP contribution in [0.1, 0.15) is 38.9 Å². The summed E-state index contributed by atoms with van der Waals surface area (Å²) in [6.45, 7) is 3.90. The number of pyridine rings is 1. The summed E-state index contributed by atoms with van der Waals surface area (Å²) in [5.74, 6) is 0.886. The zero-order valence-electron chi connectivity index (χ0n) is 21.2. The number of carbonyl (C=O) groups is 2. The van der Waals surface area contributed by atoms with Crippen molar-refractivity contribution >= 4 is 49.7 Å². The molecule has 0 spiro atoms. The van der Waals surface area contributed by atoms with E-state index < -0.39 is 0 Å². The van der Waals surface area contributed by atoms with Gasteiger partial charge in [0.25, 0.3) is 0 Å². The maximum absolute atomic E-state index is 12.9. The maximum atomic E-state index is 12.9. The first kappa shape index (κ1) is 25.3. The van der Waals surface area contributed by atoms with Crippen LogP contribution in [0.5, 0.6) is 0 Å². The summed E-state index contributed by atoms with van der Waals surface area (Å²) in [6, 6.07) is 10.0. The second kappa shape index (κ2) is 10.5. The average molecular weight is 564 g/mol. The molecule has 10 heteroatoms. The Morgan fingerprint density at radius 1 is 1.22 bits per heavy atom. The Kier molecular flexibility index (Phi) is 7.19. The van der Waals surface area contributed by atoms with Gasteiger partial charge in [0.2, 0.25) is 11.8 Å². The number of fused-ring (bicyclic) bond motifs is 2. The van der Waals surface area contributed by atoms with Crippen molar-refractivity contribution in [2.45, 2.75) is 45.6 Å². The molecule has 2 atom stereocenters. The van der Waals surface area contributed by atoms with E-state index in [1.807, 2.05) is 55.1 Å². The van der Waals surface area contributed by atoms with Crippen LogP contribution in [0, 0.1) is 11.8 Å². The van der Waals surface area contributed by atoms with Crippen molar-refractivity contribution in [2.24, 2.45) is 11.8 Å². The second-order valence-corrected chi connectivity index (χ2v) is 10.9. The fourth-order valence-electron chi connectivity index (χ4n) is 5.09. The number of hydrogen-bond donors (Lipinski definition) is 1. The number of amides is 2. The third kappa shape index (κ3) is 5.49. The van der Waals surface area contributed by atoms with Gasteiger partial charge in [0, 0.05) is 43.2 Å². The number of carbonyl (C=O) groups excluding carboxylic acids is 2. The molecule has 1 N–H and O–H groups in total. The molecule has 4 aromatic rings. The minimum absolute atomic E-state index is 0.0329. The number of halogens is 1. The van der Waals surface area contributed by atoms with Crippen LogP contribution in [-0.4, -0.2) is 61.1 Å². The Labute approximate surface area is 223 Å². The lowest BCUT2D eigenvalue weighted by Crippen LogP contribution is -2.42. The molecule has 1 saturated carbocycles. The van der Waals surface area contributed by atoms with E-state index in [1.165, 1.54) is 0 Å². The summed E-state index contributed by atoms with van der Waals surface area (Å²) >= 11 is 3.55. The van der Waals surface area contributed by atoms with Crippen LogP contribution in [0.25, 0.3) is 27.6 Å². The lowest BCUT2D eigenvalue weighted by atomic mass is 10.0. The summed E-state index contributed by atoms with van der Waals surface area (Å²) in [7, 11) is 1.70. The molecular formula is C27H30BrN7O2. The third-order valence-corrected chi connectivity index (χ3v) is 7.41. The fourth-order valence-corrected chi connectivity index (χ4v) is 5.53. The predicted octanol–water partition coefficient (Wildman–Crippen LogP) is 4.07. The average Bonchev–Trinajstić information content (AvgIpc) is 3.47. The van der Waals surface area contributed by atoms with Crippen molar-refractivity contribution in [2.75, 3.05) is 13.6 Å². The van der Waals surface area contributed by atoms with E-state index in [9.17, 15) is 9.59 Å². The van der Waals surface area contributed by atoms with Crippen LogP contribution < -0.4 is 5.32 Å². The molecule has 1 aliphatic rings. The monoisotopic (exact) mass is 563 g/mol. The van der Waals surface area contributed by atoms with Crippen molar-refractivity contribution < 1.29 is 9.59 Å². The topological polar surface area (TPSA) is 106 Å². The van der Waals surface area contributed by atoms with Crippen LogP contribution in [0.15, 0.2) is 47.3 Å². The van der Waals surface area contributed by atoms with E-state index in [2.05, 4.69) is 36.3 Å². The van der Waals surface area contributed by atoms with E-state index >= 15 is 0 Å². The van der Waals surface area contributed by atoms with Gasteiger partial charge < -0.3 is 10.2 Å². The van der Waals surface area contributed by atoms with E-state index in [-0.39, 0.29) is 30.3 Å². The molecule has 5 rings (SSSR count). The number of nitrogens with one attached hydrogen (secondary N) is 1. The second-order valence-electron chi connectivity index (χ2n) is 10.1. The fraction of sp³-hybridized carbons (Fsp3) is 0.407. The smallest absolute Gasteiger partial charge is 0.239 e. The summed E-state index contributed by atoms with van der Waals surface area (Å²) in [5, 5.41) is 9.38. The Morgan fingerprint density at radius 3 is 2.86 bits per heavy atom. The molecule has 3 heterocycles. The molecule has 192 valence electrons. The Balaban J connectivity index is 1.30. The van der Waals surface area contributed by atoms with Gasteiger partial charge in [-0.15, -0.1) is 0 Å². The van der Waals surface area contributed by atoms with Crippen LogP contribution in [-0.2, 0) is 16.0 Å². The lowest BCUT2D eigenvalue weighted by Gasteiger charge is -2.21. The van der Waals surface area contributed by atoms with Crippen LogP contribution in [0.3, 0.4) is 0 Å². The highest BCUT2D eigenvalue weighted by Crippen LogP contribution is 2.34. The van der Waals surface area contributed by atoms with E-state index in [4.69, 9.17) is 4.98 Å². The molecule has 37 heavy (non-hydrogen) atoms. The zero-order valence-corrected chi connectivity index (χ0v) is 22.8. The van der Waals surface area contributed by atoms with Crippen molar-refractivity contribution in [1.29, 1.82) is 0 Å². The van der Waals surface area contributed by atoms with E-state index in [0.717, 1.165) is 52.7 Å². The number of aromatic nitrogens is 5. The molecule has 1 aliphatic carbocycles. The molecule has 0 bridgehead atoms. The molecule has 0 radical (unpaired) electrons. The largest absolute Gasteiger partial charge is 0.352 e. The van der Waals surface area contributed by atoms with E-state index in [1.54, 1.807) is 18.1 Å². The minimum atomic E-state index is -0.132. The van der Waals surface area contributed by atoms with Crippen LogP contribution >= 0.6 is 15.9 Å². The van der Waals surface area contributed by atoms with Crippen molar-refractivity contribution in [3.8, 4) is 5.69 Å². The molecule has 0 aliphatic heterocycles. The molecule has 3 aromatic heterocycles. The van der Waals surface area contributed by atoms with Gasteiger partial charge in [-0.3, -0.25) is 14.6 Å². The first-order valence-electron chi connectivity index (χ1n) is 12.6. The molecule has 0 saturated heterocycles. The standard InChI is InChI=1S/C27H30BrN7O2/c1-16(2)31-24(36)15-34(3)27(37)19-7-6-17(11-19)12-23-30-14-21-25(28)33-35(26(21)32-23)20-8-9-22-18(13-20)5-4-10-29-22/h4-5,8-10,13-14,16-17,19H,6-7,11-12,15H2,1-3H3,(H,31,36)/t17-,19-/m1/s1. The number of benzene rings is 1. The molecular weight excluding hydrogens is 534 g/mol. The SMILES string of the molecule is CC(C)NC(=O)CN(C)C(=O)[C@@H]1CC[C@@H](Cc2ncc3c(Br)nn(-c4ccc5ncccc5c4)c3n2)C1. The van der Waals surface area contributed by atoms with Gasteiger partial charge in [-0.05, 0) is 79.2 Å². The van der Waals surface area contributed by atoms with Gasteiger partial charge in [0.05, 0.1) is 23.1 Å². The van der Waals surface area contributed by atoms with Gasteiger partial charge in [-0.25, -0.2) is 14.6 Å². The maximum Gasteiger partial charge on any atom is 0.239 e. The zero-order chi connectivity index (χ0) is 26.1. The van der Waals surface area contributed by atoms with E-state index in [0.29, 0.717) is 16.9 Å². The third-order valence-electron chi connectivity index (χ3n) is 6.83. The van der Waals surface area contributed by atoms with Gasteiger partial charge in [-0.1, -0.05) is 6.07 Å². The number of likely N-dealkylation sites (N-methyl/N-ethyl adjacent to an activating group) is 1.